The lowest BCUT2D eigenvalue weighted by atomic mass is 11.0. The van der Waals surface area contributed by atoms with Crippen LogP contribution in [-0.4, -0.2) is 23.3 Å². The lowest BCUT2D eigenvalue weighted by Gasteiger charge is -1.94. The molecule has 0 aliphatic carbocycles. The van der Waals surface area contributed by atoms with Crippen molar-refractivity contribution in [3.63, 3.8) is 0 Å². The normalized spacial score (nSPS) is 10.2. The molecule has 0 saturated heterocycles. The molecule has 0 saturated carbocycles. The SMILES string of the molecule is ClCCSSSSCCCl. The molecule has 0 nitrogen and oxygen atoms in total. The van der Waals surface area contributed by atoms with Gasteiger partial charge >= 0.3 is 0 Å². The lowest BCUT2D eigenvalue weighted by Crippen LogP contribution is -1.72. The summed E-state index contributed by atoms with van der Waals surface area (Å²) in [5.41, 5.74) is 0. The Labute approximate surface area is 87.1 Å². The zero-order valence-electron chi connectivity index (χ0n) is 5.22. The Balaban J connectivity index is 2.65. The zero-order chi connectivity index (χ0) is 7.66. The molecule has 0 fully saturated rings. The standard InChI is InChI=1S/C4H8Cl2S4/c5-1-3-7-9-10-8-4-2-6/h1-4H2. The summed E-state index contributed by atoms with van der Waals surface area (Å²) in [6.45, 7) is 0. The fourth-order valence-electron chi connectivity index (χ4n) is 0.170. The van der Waals surface area contributed by atoms with Crippen molar-refractivity contribution in [3.8, 4) is 0 Å². The second-order valence-electron chi connectivity index (χ2n) is 1.16. The average Bonchev–Trinajstić information content (AvgIpc) is 1.97. The van der Waals surface area contributed by atoms with Gasteiger partial charge in [-0.1, -0.05) is 21.6 Å². The Kier molecular flexibility index (Phi) is 13.2. The minimum atomic E-state index is 0.735. The van der Waals surface area contributed by atoms with E-state index in [0.717, 1.165) is 23.3 Å². The van der Waals surface area contributed by atoms with Gasteiger partial charge in [-0.3, -0.25) is 0 Å². The Morgan fingerprint density at radius 2 is 1.20 bits per heavy atom. The lowest BCUT2D eigenvalue weighted by molar-refractivity contribution is 1.55. The summed E-state index contributed by atoms with van der Waals surface area (Å²) in [6.07, 6.45) is 0. The Morgan fingerprint density at radius 1 is 0.800 bits per heavy atom. The quantitative estimate of drug-likeness (QED) is 0.380. The van der Waals surface area contributed by atoms with Crippen LogP contribution < -0.4 is 0 Å². The highest BCUT2D eigenvalue weighted by Gasteiger charge is 1.90. The van der Waals surface area contributed by atoms with Crippen LogP contribution in [0, 0.1) is 0 Å². The van der Waals surface area contributed by atoms with E-state index in [1.54, 1.807) is 41.2 Å². The van der Waals surface area contributed by atoms with E-state index in [-0.39, 0.29) is 0 Å². The monoisotopic (exact) mass is 254 g/mol. The summed E-state index contributed by atoms with van der Waals surface area (Å²) < 4.78 is 0. The molecule has 0 aromatic carbocycles. The van der Waals surface area contributed by atoms with Crippen LogP contribution in [0.1, 0.15) is 0 Å². The molecule has 0 aromatic rings. The number of hydrogen-bond donors (Lipinski definition) is 0. The van der Waals surface area contributed by atoms with Crippen molar-refractivity contribution in [1.29, 1.82) is 0 Å². The van der Waals surface area contributed by atoms with Crippen LogP contribution in [0.2, 0.25) is 0 Å². The summed E-state index contributed by atoms with van der Waals surface area (Å²) in [7, 11) is 7.12. The molecule has 0 spiro atoms. The zero-order valence-corrected chi connectivity index (χ0v) is 10.00. The highest BCUT2D eigenvalue weighted by Crippen LogP contribution is 2.42. The van der Waals surface area contributed by atoms with Crippen molar-refractivity contribution in [3.05, 3.63) is 0 Å². The van der Waals surface area contributed by atoms with Gasteiger partial charge in [-0.2, -0.15) is 0 Å². The second kappa shape index (κ2) is 11.0. The molecule has 0 aliphatic heterocycles. The molecule has 0 bridgehead atoms. The highest BCUT2D eigenvalue weighted by molar-refractivity contribution is 9.26. The molecule has 0 heterocycles. The van der Waals surface area contributed by atoms with Crippen molar-refractivity contribution in [1.82, 2.24) is 0 Å². The fraction of sp³-hybridized carbons (Fsp3) is 1.00. The molecule has 6 heteroatoms. The first kappa shape index (κ1) is 12.0. The molecule has 10 heavy (non-hydrogen) atoms. The summed E-state index contributed by atoms with van der Waals surface area (Å²) in [4.78, 5) is 0. The molecule has 0 atom stereocenters. The molecular weight excluding hydrogens is 247 g/mol. The first-order valence-electron chi connectivity index (χ1n) is 2.61. The predicted molar refractivity (Wildman–Crippen MR) is 61.5 cm³/mol. The minimum absolute atomic E-state index is 0.735. The van der Waals surface area contributed by atoms with E-state index in [1.165, 1.54) is 0 Å². The van der Waals surface area contributed by atoms with Gasteiger partial charge in [-0.25, -0.2) is 0 Å². The Bertz CT molecular complexity index is 55.2. The van der Waals surface area contributed by atoms with Crippen molar-refractivity contribution in [2.24, 2.45) is 0 Å². The van der Waals surface area contributed by atoms with Crippen LogP contribution >= 0.6 is 64.4 Å². The van der Waals surface area contributed by atoms with E-state index in [9.17, 15) is 0 Å². The van der Waals surface area contributed by atoms with Gasteiger partial charge in [0, 0.05) is 23.3 Å². The molecule has 0 amide bonds. The van der Waals surface area contributed by atoms with Crippen LogP contribution in [-0.2, 0) is 0 Å². The number of halogens is 2. The molecule has 0 N–H and O–H groups in total. The van der Waals surface area contributed by atoms with Gasteiger partial charge in [0.15, 0.2) is 0 Å². The predicted octanol–water partition coefficient (Wildman–Crippen LogP) is 4.14. The minimum Gasteiger partial charge on any atom is -0.126 e. The third kappa shape index (κ3) is 9.98. The van der Waals surface area contributed by atoms with Crippen LogP contribution in [0.4, 0.5) is 0 Å². The Morgan fingerprint density at radius 3 is 1.50 bits per heavy atom. The summed E-state index contributed by atoms with van der Waals surface area (Å²) >= 11 is 10.9. The maximum Gasteiger partial charge on any atom is 0.0322 e. The van der Waals surface area contributed by atoms with Gasteiger partial charge in [0.25, 0.3) is 0 Å². The van der Waals surface area contributed by atoms with Crippen LogP contribution in [0.5, 0.6) is 0 Å². The van der Waals surface area contributed by atoms with Crippen molar-refractivity contribution in [2.45, 2.75) is 0 Å². The van der Waals surface area contributed by atoms with E-state index >= 15 is 0 Å². The first-order valence-corrected chi connectivity index (χ1v) is 8.84. The Hall–Kier alpha value is 1.98. The molecule has 0 radical (unpaired) electrons. The average molecular weight is 255 g/mol. The van der Waals surface area contributed by atoms with Crippen LogP contribution in [0.15, 0.2) is 0 Å². The molecular formula is C4H8Cl2S4. The maximum atomic E-state index is 5.47. The number of rotatable bonds is 7. The smallest absolute Gasteiger partial charge is 0.0322 e. The molecule has 0 aromatic heterocycles. The number of hydrogen-bond acceptors (Lipinski definition) is 4. The maximum absolute atomic E-state index is 5.47. The highest BCUT2D eigenvalue weighted by atomic mass is 35.5. The largest absolute Gasteiger partial charge is 0.126 e. The molecule has 0 unspecified atom stereocenters. The molecule has 0 rings (SSSR count). The number of alkyl halides is 2. The summed E-state index contributed by atoms with van der Waals surface area (Å²) in [6, 6.07) is 0. The second-order valence-corrected chi connectivity index (χ2v) is 8.15. The van der Waals surface area contributed by atoms with E-state index in [4.69, 9.17) is 23.2 Å². The van der Waals surface area contributed by atoms with Gasteiger partial charge in [0.1, 0.15) is 0 Å². The van der Waals surface area contributed by atoms with Gasteiger partial charge < -0.3 is 0 Å². The molecule has 62 valence electrons. The van der Waals surface area contributed by atoms with E-state index in [0.29, 0.717) is 0 Å². The van der Waals surface area contributed by atoms with Crippen LogP contribution in [0.25, 0.3) is 0 Å². The van der Waals surface area contributed by atoms with Gasteiger partial charge in [-0.15, -0.1) is 23.2 Å². The van der Waals surface area contributed by atoms with E-state index in [2.05, 4.69) is 0 Å². The summed E-state index contributed by atoms with van der Waals surface area (Å²) in [5, 5.41) is 0. The fourth-order valence-corrected chi connectivity index (χ4v) is 6.72. The van der Waals surface area contributed by atoms with Gasteiger partial charge in [0.2, 0.25) is 0 Å². The third-order valence-corrected chi connectivity index (χ3v) is 7.74. The van der Waals surface area contributed by atoms with Gasteiger partial charge in [-0.05, 0) is 19.7 Å². The van der Waals surface area contributed by atoms with Crippen molar-refractivity contribution >= 4 is 64.4 Å². The topological polar surface area (TPSA) is 0 Å². The third-order valence-electron chi connectivity index (χ3n) is 0.445. The summed E-state index contributed by atoms with van der Waals surface area (Å²) in [5.74, 6) is 3.50. The van der Waals surface area contributed by atoms with Gasteiger partial charge in [0.05, 0.1) is 0 Å². The van der Waals surface area contributed by atoms with Crippen molar-refractivity contribution < 1.29 is 0 Å². The van der Waals surface area contributed by atoms with E-state index < -0.39 is 0 Å². The van der Waals surface area contributed by atoms with E-state index in [1.807, 2.05) is 0 Å². The molecule has 0 aliphatic rings. The van der Waals surface area contributed by atoms with Crippen molar-refractivity contribution in [2.75, 3.05) is 23.3 Å². The first-order chi connectivity index (χ1) is 4.91. The van der Waals surface area contributed by atoms with Crippen LogP contribution in [0.3, 0.4) is 0 Å².